The lowest BCUT2D eigenvalue weighted by molar-refractivity contribution is 0.218. The van der Waals surface area contributed by atoms with Crippen molar-refractivity contribution in [2.24, 2.45) is 5.73 Å². The summed E-state index contributed by atoms with van der Waals surface area (Å²) < 4.78 is 5.87. The first-order chi connectivity index (χ1) is 9.19. The van der Waals surface area contributed by atoms with Crippen LogP contribution in [0.2, 0.25) is 0 Å². The van der Waals surface area contributed by atoms with E-state index in [1.165, 1.54) is 37.9 Å². The Balaban J connectivity index is 2.07. The molecule has 3 heteroatoms. The summed E-state index contributed by atoms with van der Waals surface area (Å²) in [5.74, 6) is 0.951. The summed E-state index contributed by atoms with van der Waals surface area (Å²) in [6, 6.07) is 6.46. The number of rotatable bonds is 5. The molecule has 0 bridgehead atoms. The number of piperidine rings is 1. The molecule has 1 aliphatic heterocycles. The molecule has 0 spiro atoms. The molecule has 3 nitrogen and oxygen atoms in total. The largest absolute Gasteiger partial charge is 0.491 e. The van der Waals surface area contributed by atoms with Crippen LogP contribution < -0.4 is 10.5 Å². The molecule has 106 valence electrons. The quantitative estimate of drug-likeness (QED) is 0.886. The van der Waals surface area contributed by atoms with E-state index in [1.807, 2.05) is 0 Å². The summed E-state index contributed by atoms with van der Waals surface area (Å²) >= 11 is 0. The highest BCUT2D eigenvalue weighted by molar-refractivity contribution is 5.37. The Hall–Kier alpha value is -1.06. The standard InChI is InChI=1S/C16H26N2O/c1-13(2)19-16-10-14(6-7-15(16)11-17)12-18-8-4-3-5-9-18/h6-7,10,13H,3-5,8-9,11-12,17H2,1-2H3. The van der Waals surface area contributed by atoms with Crippen molar-refractivity contribution in [3.05, 3.63) is 29.3 Å². The fraction of sp³-hybridized carbons (Fsp3) is 0.625. The molecule has 1 heterocycles. The van der Waals surface area contributed by atoms with Crippen LogP contribution in [0, 0.1) is 0 Å². The summed E-state index contributed by atoms with van der Waals surface area (Å²) in [5.41, 5.74) is 8.19. The molecule has 1 aliphatic rings. The zero-order valence-electron chi connectivity index (χ0n) is 12.2. The molecular weight excluding hydrogens is 236 g/mol. The number of nitrogens with zero attached hydrogens (tertiary/aromatic N) is 1. The molecule has 0 saturated carbocycles. The van der Waals surface area contributed by atoms with E-state index in [-0.39, 0.29) is 6.10 Å². The van der Waals surface area contributed by atoms with E-state index in [1.54, 1.807) is 0 Å². The predicted molar refractivity (Wildman–Crippen MR) is 79.2 cm³/mol. The Kier molecular flexibility index (Phi) is 5.23. The molecule has 1 saturated heterocycles. The van der Waals surface area contributed by atoms with Gasteiger partial charge in [-0.05, 0) is 51.4 Å². The van der Waals surface area contributed by atoms with Gasteiger partial charge in [-0.3, -0.25) is 4.90 Å². The van der Waals surface area contributed by atoms with E-state index in [2.05, 4.69) is 36.9 Å². The van der Waals surface area contributed by atoms with Crippen molar-refractivity contribution in [1.29, 1.82) is 0 Å². The van der Waals surface area contributed by atoms with Gasteiger partial charge in [-0.25, -0.2) is 0 Å². The lowest BCUT2D eigenvalue weighted by Gasteiger charge is -2.26. The van der Waals surface area contributed by atoms with Gasteiger partial charge in [0.05, 0.1) is 6.10 Å². The van der Waals surface area contributed by atoms with Crippen molar-refractivity contribution >= 4 is 0 Å². The Morgan fingerprint density at radius 2 is 1.95 bits per heavy atom. The number of nitrogens with two attached hydrogens (primary N) is 1. The molecule has 0 unspecified atom stereocenters. The van der Waals surface area contributed by atoms with Gasteiger partial charge in [0, 0.05) is 18.7 Å². The molecular formula is C16H26N2O. The maximum Gasteiger partial charge on any atom is 0.124 e. The van der Waals surface area contributed by atoms with Crippen molar-refractivity contribution < 1.29 is 4.74 Å². The van der Waals surface area contributed by atoms with E-state index in [0.717, 1.165) is 17.9 Å². The smallest absolute Gasteiger partial charge is 0.124 e. The van der Waals surface area contributed by atoms with Gasteiger partial charge in [-0.15, -0.1) is 0 Å². The second kappa shape index (κ2) is 6.92. The second-order valence-corrected chi connectivity index (χ2v) is 5.65. The summed E-state index contributed by atoms with van der Waals surface area (Å²) in [6.07, 6.45) is 4.23. The van der Waals surface area contributed by atoms with Gasteiger partial charge in [0.1, 0.15) is 5.75 Å². The fourth-order valence-electron chi connectivity index (χ4n) is 2.61. The monoisotopic (exact) mass is 262 g/mol. The van der Waals surface area contributed by atoms with Crippen LogP contribution in [-0.4, -0.2) is 24.1 Å². The molecule has 1 aromatic rings. The third kappa shape index (κ3) is 4.22. The highest BCUT2D eigenvalue weighted by atomic mass is 16.5. The van der Waals surface area contributed by atoms with Crippen LogP contribution in [0.1, 0.15) is 44.2 Å². The van der Waals surface area contributed by atoms with Gasteiger partial charge in [0.15, 0.2) is 0 Å². The lowest BCUT2D eigenvalue weighted by Crippen LogP contribution is -2.29. The summed E-state index contributed by atoms with van der Waals surface area (Å²) in [6.45, 7) is 8.11. The molecule has 0 aliphatic carbocycles. The van der Waals surface area contributed by atoms with Crippen LogP contribution in [0.25, 0.3) is 0 Å². The van der Waals surface area contributed by atoms with Gasteiger partial charge in [-0.1, -0.05) is 18.6 Å². The van der Waals surface area contributed by atoms with Crippen molar-refractivity contribution in [2.45, 2.75) is 52.3 Å². The van der Waals surface area contributed by atoms with Gasteiger partial charge < -0.3 is 10.5 Å². The average Bonchev–Trinajstić information content (AvgIpc) is 2.39. The number of hydrogen-bond donors (Lipinski definition) is 1. The SMILES string of the molecule is CC(C)Oc1cc(CN2CCCCC2)ccc1CN. The molecule has 19 heavy (non-hydrogen) atoms. The molecule has 0 amide bonds. The molecule has 2 N–H and O–H groups in total. The van der Waals surface area contributed by atoms with Crippen molar-refractivity contribution in [1.82, 2.24) is 4.90 Å². The van der Waals surface area contributed by atoms with Crippen LogP contribution in [0.5, 0.6) is 5.75 Å². The van der Waals surface area contributed by atoms with Crippen molar-refractivity contribution in [3.8, 4) is 5.75 Å². The Morgan fingerprint density at radius 3 is 2.58 bits per heavy atom. The van der Waals surface area contributed by atoms with E-state index in [9.17, 15) is 0 Å². The number of likely N-dealkylation sites (tertiary alicyclic amines) is 1. The Morgan fingerprint density at radius 1 is 1.21 bits per heavy atom. The van der Waals surface area contributed by atoms with E-state index >= 15 is 0 Å². The van der Waals surface area contributed by atoms with E-state index in [0.29, 0.717) is 6.54 Å². The number of ether oxygens (including phenoxy) is 1. The second-order valence-electron chi connectivity index (χ2n) is 5.65. The average molecular weight is 262 g/mol. The Bertz CT molecular complexity index is 398. The normalized spacial score (nSPS) is 16.8. The molecule has 0 radical (unpaired) electrons. The van der Waals surface area contributed by atoms with E-state index in [4.69, 9.17) is 10.5 Å². The van der Waals surface area contributed by atoms with Crippen LogP contribution in [0.3, 0.4) is 0 Å². The van der Waals surface area contributed by atoms with Gasteiger partial charge in [0.2, 0.25) is 0 Å². The number of hydrogen-bond acceptors (Lipinski definition) is 3. The van der Waals surface area contributed by atoms with Crippen LogP contribution in [0.4, 0.5) is 0 Å². The summed E-state index contributed by atoms with van der Waals surface area (Å²) in [4.78, 5) is 2.53. The van der Waals surface area contributed by atoms with Gasteiger partial charge in [0.25, 0.3) is 0 Å². The zero-order chi connectivity index (χ0) is 13.7. The molecule has 1 fully saturated rings. The first-order valence-electron chi connectivity index (χ1n) is 7.40. The lowest BCUT2D eigenvalue weighted by atomic mass is 10.1. The van der Waals surface area contributed by atoms with Gasteiger partial charge in [-0.2, -0.15) is 0 Å². The zero-order valence-corrected chi connectivity index (χ0v) is 12.2. The maximum atomic E-state index is 5.87. The minimum Gasteiger partial charge on any atom is -0.491 e. The topological polar surface area (TPSA) is 38.5 Å². The summed E-state index contributed by atoms with van der Waals surface area (Å²) in [7, 11) is 0. The molecule has 0 aromatic heterocycles. The first-order valence-corrected chi connectivity index (χ1v) is 7.40. The minimum atomic E-state index is 0.190. The molecule has 2 rings (SSSR count). The minimum absolute atomic E-state index is 0.190. The van der Waals surface area contributed by atoms with Crippen molar-refractivity contribution in [3.63, 3.8) is 0 Å². The van der Waals surface area contributed by atoms with Crippen LogP contribution in [0.15, 0.2) is 18.2 Å². The van der Waals surface area contributed by atoms with Gasteiger partial charge >= 0.3 is 0 Å². The Labute approximate surface area is 116 Å². The molecule has 0 atom stereocenters. The molecule has 1 aromatic carbocycles. The maximum absolute atomic E-state index is 5.87. The highest BCUT2D eigenvalue weighted by Crippen LogP contribution is 2.23. The van der Waals surface area contributed by atoms with Crippen molar-refractivity contribution in [2.75, 3.05) is 13.1 Å². The van der Waals surface area contributed by atoms with Crippen LogP contribution in [-0.2, 0) is 13.1 Å². The summed E-state index contributed by atoms with van der Waals surface area (Å²) in [5, 5.41) is 0. The first kappa shape index (κ1) is 14.4. The van der Waals surface area contributed by atoms with Crippen LogP contribution >= 0.6 is 0 Å². The highest BCUT2D eigenvalue weighted by Gasteiger charge is 2.12. The predicted octanol–water partition coefficient (Wildman–Crippen LogP) is 2.92. The third-order valence-electron chi connectivity index (χ3n) is 3.57. The fourth-order valence-corrected chi connectivity index (χ4v) is 2.61. The number of benzene rings is 1. The van der Waals surface area contributed by atoms with E-state index < -0.39 is 0 Å². The third-order valence-corrected chi connectivity index (χ3v) is 3.57.